The minimum absolute atomic E-state index is 0.0990. The van der Waals surface area contributed by atoms with Crippen LogP contribution in [0.3, 0.4) is 0 Å². The van der Waals surface area contributed by atoms with Gasteiger partial charge in [0.15, 0.2) is 0 Å². The van der Waals surface area contributed by atoms with Crippen molar-refractivity contribution < 1.29 is 14.3 Å². The number of amides is 1. The lowest BCUT2D eigenvalue weighted by molar-refractivity contribution is -0.0821. The molecule has 1 amide bonds. The highest BCUT2D eigenvalue weighted by Gasteiger charge is 2.38. The van der Waals surface area contributed by atoms with E-state index in [4.69, 9.17) is 9.47 Å². The van der Waals surface area contributed by atoms with Gasteiger partial charge in [-0.05, 0) is 17.7 Å². The van der Waals surface area contributed by atoms with Gasteiger partial charge in [0.1, 0.15) is 11.8 Å². The van der Waals surface area contributed by atoms with Crippen molar-refractivity contribution in [1.29, 1.82) is 5.26 Å². The lowest BCUT2D eigenvalue weighted by Crippen LogP contribution is -2.53. The van der Waals surface area contributed by atoms with E-state index in [1.807, 2.05) is 17.0 Å². The van der Waals surface area contributed by atoms with Gasteiger partial charge in [-0.1, -0.05) is 6.07 Å². The van der Waals surface area contributed by atoms with E-state index in [9.17, 15) is 10.1 Å². The molecule has 0 saturated carbocycles. The third kappa shape index (κ3) is 4.17. The molecule has 2 aliphatic rings. The molecule has 4 rings (SSSR count). The van der Waals surface area contributed by atoms with Crippen LogP contribution < -0.4 is 0 Å². The summed E-state index contributed by atoms with van der Waals surface area (Å²) in [4.78, 5) is 21.9. The average molecular weight is 395 g/mol. The molecule has 2 aromatic rings. The van der Waals surface area contributed by atoms with Gasteiger partial charge in [-0.3, -0.25) is 14.7 Å². The SMILES string of the molecule is Cn1cc(C#N)cc1C(=O)N1CCO[C@@H](CN2CCOCC2)[C@@H]1c1cccnc1. The van der Waals surface area contributed by atoms with E-state index in [1.54, 1.807) is 36.3 Å². The lowest BCUT2D eigenvalue weighted by atomic mass is 9.98. The third-order valence-electron chi connectivity index (χ3n) is 5.53. The number of morpholine rings is 2. The fraction of sp³-hybridized carbons (Fsp3) is 0.476. The van der Waals surface area contributed by atoms with Crippen molar-refractivity contribution in [3.05, 3.63) is 53.6 Å². The topological polar surface area (TPSA) is 83.6 Å². The Labute approximate surface area is 170 Å². The zero-order valence-electron chi connectivity index (χ0n) is 16.5. The highest BCUT2D eigenvalue weighted by Crippen LogP contribution is 2.31. The molecule has 0 bridgehead atoms. The first-order chi connectivity index (χ1) is 14.2. The molecule has 0 radical (unpaired) electrons. The van der Waals surface area contributed by atoms with Crippen LogP contribution in [-0.4, -0.2) is 77.4 Å². The summed E-state index contributed by atoms with van der Waals surface area (Å²) >= 11 is 0. The van der Waals surface area contributed by atoms with Crippen LogP contribution in [0.25, 0.3) is 0 Å². The number of pyridine rings is 1. The van der Waals surface area contributed by atoms with Gasteiger partial charge in [0, 0.05) is 51.8 Å². The van der Waals surface area contributed by atoms with Crippen molar-refractivity contribution in [2.45, 2.75) is 12.1 Å². The Bertz CT molecular complexity index is 885. The van der Waals surface area contributed by atoms with E-state index in [-0.39, 0.29) is 18.1 Å². The number of nitriles is 1. The van der Waals surface area contributed by atoms with Crippen LogP contribution in [0.1, 0.15) is 27.7 Å². The quantitative estimate of drug-likeness (QED) is 0.774. The van der Waals surface area contributed by atoms with Gasteiger partial charge >= 0.3 is 0 Å². The molecule has 29 heavy (non-hydrogen) atoms. The lowest BCUT2D eigenvalue weighted by Gasteiger charge is -2.43. The highest BCUT2D eigenvalue weighted by molar-refractivity contribution is 5.93. The van der Waals surface area contributed by atoms with E-state index in [0.717, 1.165) is 25.2 Å². The van der Waals surface area contributed by atoms with Crippen LogP contribution in [0.4, 0.5) is 0 Å². The van der Waals surface area contributed by atoms with Crippen molar-refractivity contribution in [3.63, 3.8) is 0 Å². The Morgan fingerprint density at radius 2 is 2.14 bits per heavy atom. The van der Waals surface area contributed by atoms with Crippen LogP contribution in [0.15, 0.2) is 36.8 Å². The molecule has 8 nitrogen and oxygen atoms in total. The van der Waals surface area contributed by atoms with Crippen molar-refractivity contribution in [3.8, 4) is 6.07 Å². The molecule has 8 heteroatoms. The smallest absolute Gasteiger partial charge is 0.271 e. The third-order valence-corrected chi connectivity index (χ3v) is 5.53. The molecule has 0 unspecified atom stereocenters. The first kappa shape index (κ1) is 19.6. The summed E-state index contributed by atoms with van der Waals surface area (Å²) in [6.45, 7) is 4.84. The summed E-state index contributed by atoms with van der Waals surface area (Å²) in [6.07, 6.45) is 5.05. The van der Waals surface area contributed by atoms with Gasteiger partial charge in [0.25, 0.3) is 5.91 Å². The largest absolute Gasteiger partial charge is 0.379 e. The summed E-state index contributed by atoms with van der Waals surface area (Å²) < 4.78 is 13.3. The molecule has 2 aromatic heterocycles. The van der Waals surface area contributed by atoms with E-state index < -0.39 is 0 Å². The monoisotopic (exact) mass is 395 g/mol. The minimum Gasteiger partial charge on any atom is -0.379 e. The van der Waals surface area contributed by atoms with Gasteiger partial charge in [0.2, 0.25) is 0 Å². The molecule has 0 N–H and O–H groups in total. The van der Waals surface area contributed by atoms with Gasteiger partial charge in [-0.25, -0.2) is 0 Å². The minimum atomic E-state index is -0.242. The number of hydrogen-bond acceptors (Lipinski definition) is 6. The maximum Gasteiger partial charge on any atom is 0.271 e. The van der Waals surface area contributed by atoms with Crippen LogP contribution in [-0.2, 0) is 16.5 Å². The first-order valence-electron chi connectivity index (χ1n) is 9.86. The zero-order valence-corrected chi connectivity index (χ0v) is 16.5. The molecule has 0 aromatic carbocycles. The Morgan fingerprint density at radius 1 is 1.31 bits per heavy atom. The molecule has 2 aliphatic heterocycles. The number of carbonyl (C=O) groups is 1. The summed E-state index contributed by atoms with van der Waals surface area (Å²) in [6, 6.07) is 7.39. The van der Waals surface area contributed by atoms with Crippen LogP contribution >= 0.6 is 0 Å². The fourth-order valence-electron chi connectivity index (χ4n) is 4.08. The van der Waals surface area contributed by atoms with Crippen LogP contribution in [0.5, 0.6) is 0 Å². The normalized spacial score (nSPS) is 23.0. The summed E-state index contributed by atoms with van der Waals surface area (Å²) in [5.41, 5.74) is 1.93. The Kier molecular flexibility index (Phi) is 5.90. The summed E-state index contributed by atoms with van der Waals surface area (Å²) in [5, 5.41) is 9.19. The molecule has 0 spiro atoms. The maximum absolute atomic E-state index is 13.5. The number of aromatic nitrogens is 2. The van der Waals surface area contributed by atoms with Gasteiger partial charge in [-0.15, -0.1) is 0 Å². The predicted molar refractivity (Wildman–Crippen MR) is 105 cm³/mol. The fourth-order valence-corrected chi connectivity index (χ4v) is 4.08. The summed E-state index contributed by atoms with van der Waals surface area (Å²) in [5.74, 6) is -0.0990. The van der Waals surface area contributed by atoms with Gasteiger partial charge < -0.3 is 18.9 Å². The second-order valence-electron chi connectivity index (χ2n) is 7.39. The number of carbonyl (C=O) groups excluding carboxylic acids is 1. The van der Waals surface area contributed by atoms with Crippen LogP contribution in [0.2, 0.25) is 0 Å². The Balaban J connectivity index is 1.64. The van der Waals surface area contributed by atoms with Crippen molar-refractivity contribution in [2.24, 2.45) is 7.05 Å². The highest BCUT2D eigenvalue weighted by atomic mass is 16.5. The molecular formula is C21H25N5O3. The molecule has 2 saturated heterocycles. The molecule has 2 atom stereocenters. The molecule has 4 heterocycles. The van der Waals surface area contributed by atoms with Gasteiger partial charge in [0.05, 0.1) is 37.5 Å². The number of rotatable bonds is 4. The van der Waals surface area contributed by atoms with E-state index in [2.05, 4.69) is 16.0 Å². The van der Waals surface area contributed by atoms with Crippen molar-refractivity contribution >= 4 is 5.91 Å². The molecule has 2 fully saturated rings. The second kappa shape index (κ2) is 8.74. The number of aryl methyl sites for hydroxylation is 1. The van der Waals surface area contributed by atoms with E-state index in [1.165, 1.54) is 0 Å². The Hall–Kier alpha value is -2.73. The second-order valence-corrected chi connectivity index (χ2v) is 7.39. The first-order valence-corrected chi connectivity index (χ1v) is 9.86. The number of nitrogens with zero attached hydrogens (tertiary/aromatic N) is 5. The van der Waals surface area contributed by atoms with Crippen LogP contribution in [0, 0.1) is 11.3 Å². The van der Waals surface area contributed by atoms with Crippen molar-refractivity contribution in [2.75, 3.05) is 46.0 Å². The number of ether oxygens (including phenoxy) is 2. The standard InChI is InChI=1S/C21H25N5O3/c1-24-14-16(12-22)11-18(24)21(27)26-7-10-29-19(15-25-5-8-28-9-6-25)20(26)17-3-2-4-23-13-17/h2-4,11,13-14,19-20H,5-10,15H2,1H3/t19-,20-/m0/s1. The van der Waals surface area contributed by atoms with E-state index >= 15 is 0 Å². The Morgan fingerprint density at radius 3 is 2.83 bits per heavy atom. The number of hydrogen-bond donors (Lipinski definition) is 0. The maximum atomic E-state index is 13.5. The van der Waals surface area contributed by atoms with Crippen molar-refractivity contribution in [1.82, 2.24) is 19.4 Å². The van der Waals surface area contributed by atoms with E-state index in [0.29, 0.717) is 37.6 Å². The van der Waals surface area contributed by atoms with Gasteiger partial charge in [-0.2, -0.15) is 5.26 Å². The molecule has 0 aliphatic carbocycles. The molecular weight excluding hydrogens is 370 g/mol. The average Bonchev–Trinajstić information content (AvgIpc) is 3.15. The zero-order chi connectivity index (χ0) is 20.2. The molecule has 152 valence electrons. The summed E-state index contributed by atoms with van der Waals surface area (Å²) in [7, 11) is 1.79. The predicted octanol–water partition coefficient (Wildman–Crippen LogP) is 1.21.